The number of nitrogens with zero attached hydrogens (tertiary/aromatic N) is 4. The molecular formula is C26H25F2N7O2. The van der Waals surface area contributed by atoms with E-state index in [1.165, 1.54) is 30.6 Å². The van der Waals surface area contributed by atoms with Crippen LogP contribution in [0.25, 0.3) is 0 Å². The molecule has 0 unspecified atom stereocenters. The highest BCUT2D eigenvalue weighted by molar-refractivity contribution is 6.04. The standard InChI is InChI=1S/C26H25F2N7O2/c1-14(2)23(29)24-25(26(30)34-13-33-24)35-22-5-4-18(9-21(22)28)37-20-7-17(27)6-19(8-20)36-12-16-10-31-15(3)32-11-16/h4-11,13-14,29,35H,12H2,1-3H3,(H2,30,33,34). The molecule has 0 aliphatic heterocycles. The van der Waals surface area contributed by atoms with E-state index in [1.54, 1.807) is 19.3 Å². The van der Waals surface area contributed by atoms with Crippen LogP contribution in [0.4, 0.5) is 26.0 Å². The summed E-state index contributed by atoms with van der Waals surface area (Å²) in [4.78, 5) is 16.3. The van der Waals surface area contributed by atoms with Gasteiger partial charge in [0.25, 0.3) is 0 Å². The molecule has 0 amide bonds. The molecule has 4 rings (SSSR count). The minimum absolute atomic E-state index is 0.0789. The number of aromatic nitrogens is 4. The lowest BCUT2D eigenvalue weighted by Crippen LogP contribution is -2.15. The van der Waals surface area contributed by atoms with Crippen molar-refractivity contribution in [3.63, 3.8) is 0 Å². The van der Waals surface area contributed by atoms with Crippen molar-refractivity contribution in [3.8, 4) is 17.2 Å². The minimum atomic E-state index is -0.657. The van der Waals surface area contributed by atoms with Gasteiger partial charge in [-0.1, -0.05) is 13.8 Å². The summed E-state index contributed by atoms with van der Waals surface area (Å²) in [5.41, 5.74) is 7.53. The Morgan fingerprint density at radius 1 is 1.00 bits per heavy atom. The molecule has 37 heavy (non-hydrogen) atoms. The number of ether oxygens (including phenoxy) is 2. The summed E-state index contributed by atoms with van der Waals surface area (Å²) in [5, 5.41) is 11.2. The zero-order valence-corrected chi connectivity index (χ0v) is 20.4. The molecule has 0 aliphatic carbocycles. The lowest BCUT2D eigenvalue weighted by Gasteiger charge is -2.16. The number of benzene rings is 2. The van der Waals surface area contributed by atoms with Crippen molar-refractivity contribution in [1.29, 1.82) is 5.41 Å². The summed E-state index contributed by atoms with van der Waals surface area (Å²) >= 11 is 0. The van der Waals surface area contributed by atoms with Crippen LogP contribution in [0.3, 0.4) is 0 Å². The van der Waals surface area contributed by atoms with E-state index in [2.05, 4.69) is 25.3 Å². The van der Waals surface area contributed by atoms with Gasteiger partial charge in [0, 0.05) is 42.2 Å². The monoisotopic (exact) mass is 505 g/mol. The molecule has 2 heterocycles. The second-order valence-electron chi connectivity index (χ2n) is 8.47. The maximum absolute atomic E-state index is 15.0. The number of hydrogen-bond acceptors (Lipinski definition) is 9. The third-order valence-corrected chi connectivity index (χ3v) is 5.23. The lowest BCUT2D eigenvalue weighted by molar-refractivity contribution is 0.301. The van der Waals surface area contributed by atoms with Gasteiger partial charge in [-0.3, -0.25) is 0 Å². The van der Waals surface area contributed by atoms with Crippen molar-refractivity contribution in [2.75, 3.05) is 11.1 Å². The first-order valence-corrected chi connectivity index (χ1v) is 11.3. The highest BCUT2D eigenvalue weighted by Gasteiger charge is 2.18. The molecule has 0 bridgehead atoms. The molecule has 9 nitrogen and oxygen atoms in total. The van der Waals surface area contributed by atoms with Crippen LogP contribution in [-0.4, -0.2) is 25.6 Å². The molecular weight excluding hydrogens is 480 g/mol. The van der Waals surface area contributed by atoms with Crippen molar-refractivity contribution in [2.45, 2.75) is 27.4 Å². The molecule has 2 aromatic carbocycles. The fraction of sp³-hybridized carbons (Fsp3) is 0.192. The second-order valence-corrected chi connectivity index (χ2v) is 8.47. The van der Waals surface area contributed by atoms with E-state index in [-0.39, 0.29) is 58.4 Å². The third-order valence-electron chi connectivity index (χ3n) is 5.23. The van der Waals surface area contributed by atoms with Gasteiger partial charge in [0.15, 0.2) is 5.82 Å². The van der Waals surface area contributed by atoms with Crippen molar-refractivity contribution >= 4 is 22.9 Å². The first-order valence-electron chi connectivity index (χ1n) is 11.3. The Balaban J connectivity index is 1.50. The molecule has 0 spiro atoms. The Kier molecular flexibility index (Phi) is 7.52. The molecule has 190 valence electrons. The second kappa shape index (κ2) is 10.9. The first-order chi connectivity index (χ1) is 17.7. The SMILES string of the molecule is Cc1ncc(COc2cc(F)cc(Oc3ccc(Nc4c(N)ncnc4C(=N)C(C)C)c(F)c3)c2)cn1. The van der Waals surface area contributed by atoms with Gasteiger partial charge in [0.1, 0.15) is 59.0 Å². The number of aryl methyl sites for hydroxylation is 1. The number of rotatable bonds is 9. The number of nitrogens with two attached hydrogens (primary N) is 1. The van der Waals surface area contributed by atoms with Crippen LogP contribution in [-0.2, 0) is 6.61 Å². The van der Waals surface area contributed by atoms with E-state index in [1.807, 2.05) is 13.8 Å². The van der Waals surface area contributed by atoms with Gasteiger partial charge in [-0.2, -0.15) is 0 Å². The van der Waals surface area contributed by atoms with E-state index in [4.69, 9.17) is 20.6 Å². The average molecular weight is 506 g/mol. The minimum Gasteiger partial charge on any atom is -0.489 e. The maximum atomic E-state index is 15.0. The van der Waals surface area contributed by atoms with Crippen LogP contribution < -0.4 is 20.5 Å². The quantitative estimate of drug-likeness (QED) is 0.251. The number of hydrogen-bond donors (Lipinski definition) is 3. The van der Waals surface area contributed by atoms with Crippen LogP contribution >= 0.6 is 0 Å². The highest BCUT2D eigenvalue weighted by Crippen LogP contribution is 2.32. The molecule has 11 heteroatoms. The lowest BCUT2D eigenvalue weighted by atomic mass is 10.0. The summed E-state index contributed by atoms with van der Waals surface area (Å²) in [5.74, 6) is -0.145. The van der Waals surface area contributed by atoms with Crippen molar-refractivity contribution in [3.05, 3.63) is 83.8 Å². The van der Waals surface area contributed by atoms with E-state index in [0.29, 0.717) is 5.82 Å². The van der Waals surface area contributed by atoms with E-state index >= 15 is 0 Å². The normalized spacial score (nSPS) is 10.9. The summed E-state index contributed by atoms with van der Waals surface area (Å²) in [7, 11) is 0. The smallest absolute Gasteiger partial charge is 0.151 e. The van der Waals surface area contributed by atoms with Crippen molar-refractivity contribution < 1.29 is 18.3 Å². The Hall–Kier alpha value is -4.67. The molecule has 2 aromatic heterocycles. The number of nitrogen functional groups attached to an aromatic ring is 1. The van der Waals surface area contributed by atoms with Crippen LogP contribution in [0.1, 0.15) is 30.9 Å². The van der Waals surface area contributed by atoms with E-state index < -0.39 is 11.6 Å². The van der Waals surface area contributed by atoms with Crippen molar-refractivity contribution in [2.24, 2.45) is 5.92 Å². The predicted octanol–water partition coefficient (Wildman–Crippen LogP) is 5.57. The number of anilines is 3. The Morgan fingerprint density at radius 2 is 1.73 bits per heavy atom. The van der Waals surface area contributed by atoms with Gasteiger partial charge < -0.3 is 25.9 Å². The van der Waals surface area contributed by atoms with Gasteiger partial charge in [-0.15, -0.1) is 0 Å². The Bertz CT molecular complexity index is 1430. The highest BCUT2D eigenvalue weighted by atomic mass is 19.1. The number of halogens is 2. The maximum Gasteiger partial charge on any atom is 0.151 e. The predicted molar refractivity (Wildman–Crippen MR) is 135 cm³/mol. The largest absolute Gasteiger partial charge is 0.489 e. The molecule has 4 aromatic rings. The topological polar surface area (TPSA) is 132 Å². The van der Waals surface area contributed by atoms with Gasteiger partial charge in [-0.05, 0) is 25.0 Å². The zero-order valence-electron chi connectivity index (χ0n) is 20.4. The Morgan fingerprint density at radius 3 is 2.43 bits per heavy atom. The van der Waals surface area contributed by atoms with E-state index in [9.17, 15) is 8.78 Å². The molecule has 4 N–H and O–H groups in total. The Labute approximate surface area is 212 Å². The summed E-state index contributed by atoms with van der Waals surface area (Å²) in [6.45, 7) is 5.60. The fourth-order valence-corrected chi connectivity index (χ4v) is 3.27. The molecule has 0 saturated carbocycles. The summed E-state index contributed by atoms with van der Waals surface area (Å²) in [6.07, 6.45) is 4.51. The van der Waals surface area contributed by atoms with E-state index in [0.717, 1.165) is 17.7 Å². The third kappa shape index (κ3) is 6.31. The van der Waals surface area contributed by atoms with Crippen LogP contribution in [0.15, 0.2) is 55.1 Å². The molecule has 0 radical (unpaired) electrons. The van der Waals surface area contributed by atoms with Gasteiger partial charge in [0.05, 0.1) is 11.4 Å². The molecule has 0 atom stereocenters. The average Bonchev–Trinajstić information content (AvgIpc) is 2.85. The fourth-order valence-electron chi connectivity index (χ4n) is 3.27. The van der Waals surface area contributed by atoms with Gasteiger partial charge in [0.2, 0.25) is 0 Å². The van der Waals surface area contributed by atoms with Gasteiger partial charge in [-0.25, -0.2) is 28.7 Å². The zero-order chi connectivity index (χ0) is 26.5. The van der Waals surface area contributed by atoms with Crippen LogP contribution in [0, 0.1) is 29.9 Å². The van der Waals surface area contributed by atoms with Crippen LogP contribution in [0.5, 0.6) is 17.2 Å². The van der Waals surface area contributed by atoms with Gasteiger partial charge >= 0.3 is 0 Å². The molecule has 0 saturated heterocycles. The number of nitrogens with one attached hydrogen (secondary N) is 2. The van der Waals surface area contributed by atoms with Crippen LogP contribution in [0.2, 0.25) is 0 Å². The molecule has 0 fully saturated rings. The van der Waals surface area contributed by atoms with Crippen molar-refractivity contribution in [1.82, 2.24) is 19.9 Å². The summed E-state index contributed by atoms with van der Waals surface area (Å²) in [6, 6.07) is 7.96. The molecule has 0 aliphatic rings. The first kappa shape index (κ1) is 25.4. The summed E-state index contributed by atoms with van der Waals surface area (Å²) < 4.78 is 40.5.